The van der Waals surface area contributed by atoms with E-state index in [0.29, 0.717) is 49.0 Å². The highest BCUT2D eigenvalue weighted by Gasteiger charge is 2.56. The van der Waals surface area contributed by atoms with Gasteiger partial charge in [-0.2, -0.15) is 0 Å². The zero-order valence-electron chi connectivity index (χ0n) is 30.1. The summed E-state index contributed by atoms with van der Waals surface area (Å²) in [5.41, 5.74) is -0.178. The van der Waals surface area contributed by atoms with Gasteiger partial charge in [0.15, 0.2) is 0 Å². The number of carbonyl (C=O) groups is 4. The summed E-state index contributed by atoms with van der Waals surface area (Å²) >= 11 is 0. The van der Waals surface area contributed by atoms with Crippen molar-refractivity contribution in [3.63, 3.8) is 0 Å². The SMILES string of the molecule is Cc1cc(C(=O)NC2CCCCCC=CC3C=CC3(C(=O)NS(=O)(=O)C3(C)CC3)NC(=O)C3CC(Oc4nc5cc(F)ccc5nc4C)CN3C2=O)on1. The summed E-state index contributed by atoms with van der Waals surface area (Å²) in [5, 5.41) is 9.35. The number of hydrogen-bond acceptors (Lipinski definition) is 11. The Balaban J connectivity index is 1.22. The van der Waals surface area contributed by atoms with Crippen LogP contribution in [0.4, 0.5) is 4.39 Å². The van der Waals surface area contributed by atoms with Gasteiger partial charge in [0, 0.05) is 24.5 Å². The Bertz CT molecular complexity index is 2180. The third-order valence-corrected chi connectivity index (χ3v) is 12.8. The van der Waals surface area contributed by atoms with Gasteiger partial charge in [0.25, 0.3) is 11.8 Å². The third-order valence-electron chi connectivity index (χ3n) is 10.7. The number of fused-ring (bicyclic) bond motifs is 3. The second kappa shape index (κ2) is 14.2. The topological polar surface area (TPSA) is 203 Å². The van der Waals surface area contributed by atoms with E-state index in [1.54, 1.807) is 32.9 Å². The highest BCUT2D eigenvalue weighted by molar-refractivity contribution is 7.91. The van der Waals surface area contributed by atoms with E-state index in [-0.39, 0.29) is 36.5 Å². The van der Waals surface area contributed by atoms with Gasteiger partial charge in [-0.15, -0.1) is 0 Å². The lowest BCUT2D eigenvalue weighted by Crippen LogP contribution is -2.67. The average Bonchev–Trinajstić information content (AvgIpc) is 3.52. The largest absolute Gasteiger partial charge is 0.471 e. The summed E-state index contributed by atoms with van der Waals surface area (Å²) in [5.74, 6) is -4.02. The molecule has 4 amide bonds. The Morgan fingerprint density at radius 1 is 1.07 bits per heavy atom. The monoisotopic (exact) mass is 763 g/mol. The number of aromatic nitrogens is 3. The van der Waals surface area contributed by atoms with Crippen LogP contribution in [-0.2, 0) is 24.4 Å². The van der Waals surface area contributed by atoms with Crippen LogP contribution in [0.5, 0.6) is 5.88 Å². The van der Waals surface area contributed by atoms with Crippen molar-refractivity contribution in [2.24, 2.45) is 5.92 Å². The Hall–Kier alpha value is -5.19. The van der Waals surface area contributed by atoms with Crippen molar-refractivity contribution in [1.29, 1.82) is 0 Å². The van der Waals surface area contributed by atoms with Crippen molar-refractivity contribution >= 4 is 44.7 Å². The molecule has 0 bridgehead atoms. The minimum Gasteiger partial charge on any atom is -0.471 e. The Morgan fingerprint density at radius 3 is 2.57 bits per heavy atom. The standard InChI is InChI=1S/C37H42FN7O8S/c1-21-17-30(53-43-21)32(47)40-27-10-8-6-4-5-7-9-23-13-14-37(23,35(49)44-54(50,51)36(3)15-16-36)42-31(46)29-19-25(20-45(29)34(27)48)52-33-22(2)39-26-12-11-24(38)18-28(26)41-33/h7,9,11-14,17-18,23,25,27,29H,4-6,8,10,15-16,19-20H2,1-3H3,(H,40,47)(H,42,46)(H,44,49). The molecule has 15 nitrogen and oxygen atoms in total. The van der Waals surface area contributed by atoms with E-state index in [4.69, 9.17) is 9.26 Å². The number of amides is 4. The van der Waals surface area contributed by atoms with Crippen LogP contribution in [0.1, 0.15) is 80.2 Å². The molecule has 0 radical (unpaired) electrons. The summed E-state index contributed by atoms with van der Waals surface area (Å²) in [6.45, 7) is 4.77. The molecule has 4 heterocycles. The molecule has 5 atom stereocenters. The van der Waals surface area contributed by atoms with Crippen molar-refractivity contribution in [1.82, 2.24) is 35.4 Å². The Morgan fingerprint density at radius 2 is 1.87 bits per heavy atom. The number of allylic oxidation sites excluding steroid dienone is 1. The van der Waals surface area contributed by atoms with Crippen LogP contribution in [0.3, 0.4) is 0 Å². The van der Waals surface area contributed by atoms with Gasteiger partial charge in [-0.25, -0.2) is 22.8 Å². The Labute approximate surface area is 311 Å². The van der Waals surface area contributed by atoms with Crippen molar-refractivity contribution in [2.75, 3.05) is 6.54 Å². The first-order chi connectivity index (χ1) is 25.7. The first-order valence-corrected chi connectivity index (χ1v) is 19.6. The molecule has 2 fully saturated rings. The van der Waals surface area contributed by atoms with E-state index in [9.17, 15) is 32.0 Å². The van der Waals surface area contributed by atoms with E-state index in [1.165, 1.54) is 35.2 Å². The fourth-order valence-electron chi connectivity index (χ4n) is 7.02. The summed E-state index contributed by atoms with van der Waals surface area (Å²) in [6.07, 6.45) is 9.67. The minimum atomic E-state index is -4.06. The number of halogens is 1. The van der Waals surface area contributed by atoms with Gasteiger partial charge >= 0.3 is 0 Å². The normalized spacial score (nSPS) is 26.8. The molecule has 2 aliphatic carbocycles. The summed E-state index contributed by atoms with van der Waals surface area (Å²) < 4.78 is 53.0. The fourth-order valence-corrected chi connectivity index (χ4v) is 8.32. The number of rotatable bonds is 7. The highest BCUT2D eigenvalue weighted by atomic mass is 32.2. The number of carbonyl (C=O) groups excluding carboxylic acids is 4. The number of sulfonamides is 1. The molecular formula is C37H42FN7O8S. The van der Waals surface area contributed by atoms with Crippen LogP contribution in [0.25, 0.3) is 11.0 Å². The lowest BCUT2D eigenvalue weighted by Gasteiger charge is -2.42. The maximum atomic E-state index is 14.5. The molecule has 2 aromatic heterocycles. The lowest BCUT2D eigenvalue weighted by molar-refractivity contribution is -0.142. The quantitative estimate of drug-likeness (QED) is 0.299. The molecule has 3 aromatic rings. The van der Waals surface area contributed by atoms with E-state index in [0.717, 1.165) is 6.42 Å². The summed E-state index contributed by atoms with van der Waals surface area (Å²) in [4.78, 5) is 66.4. The molecule has 5 unspecified atom stereocenters. The number of hydrogen-bond donors (Lipinski definition) is 3. The van der Waals surface area contributed by atoms with Crippen molar-refractivity contribution in [2.45, 2.75) is 101 Å². The molecule has 54 heavy (non-hydrogen) atoms. The highest BCUT2D eigenvalue weighted by Crippen LogP contribution is 2.43. The van der Waals surface area contributed by atoms with Crippen LogP contribution in [0.2, 0.25) is 0 Å². The number of benzene rings is 1. The molecule has 4 aliphatic rings. The molecule has 1 aromatic carbocycles. The molecule has 7 rings (SSSR count). The molecule has 286 valence electrons. The molecule has 1 saturated heterocycles. The zero-order chi connectivity index (χ0) is 38.4. The third kappa shape index (κ3) is 7.20. The predicted octanol–water partition coefficient (Wildman–Crippen LogP) is 3.08. The van der Waals surface area contributed by atoms with Crippen LogP contribution in [0, 0.1) is 25.6 Å². The van der Waals surface area contributed by atoms with Crippen LogP contribution in [-0.4, -0.2) is 87.1 Å². The van der Waals surface area contributed by atoms with Gasteiger partial charge in [-0.3, -0.25) is 23.9 Å². The fraction of sp³-hybridized carbons (Fsp3) is 0.486. The van der Waals surface area contributed by atoms with Crippen molar-refractivity contribution < 1.29 is 41.2 Å². The minimum absolute atomic E-state index is 0.0554. The van der Waals surface area contributed by atoms with Gasteiger partial charge in [0.05, 0.1) is 28.0 Å². The number of aryl methyl sites for hydroxylation is 2. The zero-order valence-corrected chi connectivity index (χ0v) is 30.9. The van der Waals surface area contributed by atoms with Crippen LogP contribution < -0.4 is 20.1 Å². The maximum Gasteiger partial charge on any atom is 0.290 e. The van der Waals surface area contributed by atoms with Gasteiger partial charge in [-0.05, 0) is 65.0 Å². The second-order valence-electron chi connectivity index (χ2n) is 14.8. The lowest BCUT2D eigenvalue weighted by atomic mass is 9.73. The van der Waals surface area contributed by atoms with E-state index in [1.807, 2.05) is 6.08 Å². The van der Waals surface area contributed by atoms with E-state index >= 15 is 0 Å². The average molecular weight is 764 g/mol. The first-order valence-electron chi connectivity index (χ1n) is 18.1. The molecule has 17 heteroatoms. The first kappa shape index (κ1) is 37.1. The second-order valence-corrected chi connectivity index (χ2v) is 17.0. The van der Waals surface area contributed by atoms with Gasteiger partial charge < -0.3 is 24.8 Å². The predicted molar refractivity (Wildman–Crippen MR) is 192 cm³/mol. The molecule has 2 aliphatic heterocycles. The number of nitrogens with one attached hydrogen (secondary N) is 3. The number of nitrogens with zero attached hydrogens (tertiary/aromatic N) is 4. The molecule has 0 spiro atoms. The van der Waals surface area contributed by atoms with Crippen LogP contribution in [0.15, 0.2) is 53.1 Å². The molecule has 3 N–H and O–H groups in total. The van der Waals surface area contributed by atoms with Gasteiger partial charge in [0.2, 0.25) is 33.5 Å². The molecule has 1 saturated carbocycles. The van der Waals surface area contributed by atoms with Crippen molar-refractivity contribution in [3.8, 4) is 5.88 Å². The smallest absolute Gasteiger partial charge is 0.290 e. The van der Waals surface area contributed by atoms with Gasteiger partial charge in [0.1, 0.15) is 35.2 Å². The Kier molecular flexibility index (Phi) is 9.78. The van der Waals surface area contributed by atoms with E-state index < -0.39 is 73.9 Å². The number of ether oxygens (including phenoxy) is 1. The van der Waals surface area contributed by atoms with Crippen LogP contribution >= 0.6 is 0 Å². The van der Waals surface area contributed by atoms with Gasteiger partial charge in [-0.1, -0.05) is 42.3 Å². The summed E-state index contributed by atoms with van der Waals surface area (Å²) in [6, 6.07) is 3.16. The van der Waals surface area contributed by atoms with E-state index in [2.05, 4.69) is 30.5 Å². The summed E-state index contributed by atoms with van der Waals surface area (Å²) in [7, 11) is -4.06. The maximum absolute atomic E-state index is 14.5. The van der Waals surface area contributed by atoms with Crippen molar-refractivity contribution in [3.05, 3.63) is 71.5 Å². The molecular weight excluding hydrogens is 722 g/mol.